The normalized spacial score (nSPS) is 14.4. The van der Waals surface area contributed by atoms with Crippen LogP contribution in [0.3, 0.4) is 0 Å². The Morgan fingerprint density at radius 3 is 2.78 bits per heavy atom. The van der Waals surface area contributed by atoms with E-state index >= 15 is 0 Å². The molecular weight excluding hydrogens is 268 g/mol. The van der Waals surface area contributed by atoms with Crippen molar-refractivity contribution < 1.29 is 4.74 Å². The molecule has 0 saturated heterocycles. The molecule has 1 rings (SSSR count). The maximum Gasteiger partial charge on any atom is 0.0541 e. The molecule has 0 bridgehead atoms. The summed E-state index contributed by atoms with van der Waals surface area (Å²) < 4.78 is 5.09. The summed E-state index contributed by atoms with van der Waals surface area (Å²) in [4.78, 5) is 1.10. The number of methoxy groups -OCH3 is 1. The SMILES string of the molecule is COCCC(C)C(CSc1ccccc1Cl)NN. The molecule has 0 amide bonds. The fourth-order valence-electron chi connectivity index (χ4n) is 1.62. The van der Waals surface area contributed by atoms with Gasteiger partial charge in [-0.05, 0) is 24.5 Å². The summed E-state index contributed by atoms with van der Waals surface area (Å²) >= 11 is 7.85. The smallest absolute Gasteiger partial charge is 0.0541 e. The van der Waals surface area contributed by atoms with E-state index < -0.39 is 0 Å². The third-order valence-electron chi connectivity index (χ3n) is 2.93. The standard InChI is InChI=1S/C13H21ClN2OS/c1-10(7-8-17-2)12(16-15)9-18-13-6-4-3-5-11(13)14/h3-6,10,12,16H,7-9,15H2,1-2H3. The zero-order valence-corrected chi connectivity index (χ0v) is 12.4. The second-order valence-electron chi connectivity index (χ2n) is 4.27. The Kier molecular flexibility index (Phi) is 7.70. The van der Waals surface area contributed by atoms with Crippen LogP contribution in [-0.2, 0) is 4.74 Å². The third-order valence-corrected chi connectivity index (χ3v) is 4.57. The van der Waals surface area contributed by atoms with Gasteiger partial charge in [0, 0.05) is 30.4 Å². The molecule has 0 aliphatic rings. The van der Waals surface area contributed by atoms with Crippen LogP contribution in [0.25, 0.3) is 0 Å². The Morgan fingerprint density at radius 1 is 1.44 bits per heavy atom. The van der Waals surface area contributed by atoms with E-state index in [1.54, 1.807) is 18.9 Å². The molecule has 0 saturated carbocycles. The van der Waals surface area contributed by atoms with E-state index in [2.05, 4.69) is 12.3 Å². The highest BCUT2D eigenvalue weighted by atomic mass is 35.5. The molecule has 0 aliphatic carbocycles. The molecule has 1 aromatic carbocycles. The topological polar surface area (TPSA) is 47.3 Å². The Morgan fingerprint density at radius 2 is 2.17 bits per heavy atom. The number of hydrogen-bond donors (Lipinski definition) is 2. The van der Waals surface area contributed by atoms with Gasteiger partial charge in [-0.15, -0.1) is 11.8 Å². The van der Waals surface area contributed by atoms with Crippen LogP contribution in [0.5, 0.6) is 0 Å². The molecule has 2 unspecified atom stereocenters. The molecule has 102 valence electrons. The predicted molar refractivity (Wildman–Crippen MR) is 78.9 cm³/mol. The fraction of sp³-hybridized carbons (Fsp3) is 0.538. The number of nitrogens with one attached hydrogen (secondary N) is 1. The van der Waals surface area contributed by atoms with E-state index in [0.717, 1.165) is 28.7 Å². The minimum Gasteiger partial charge on any atom is -0.385 e. The maximum absolute atomic E-state index is 6.12. The molecule has 0 heterocycles. The molecule has 3 N–H and O–H groups in total. The molecule has 0 aromatic heterocycles. The van der Waals surface area contributed by atoms with Crippen LogP contribution in [0.4, 0.5) is 0 Å². The maximum atomic E-state index is 6.12. The van der Waals surface area contributed by atoms with E-state index in [1.165, 1.54) is 0 Å². The summed E-state index contributed by atoms with van der Waals surface area (Å²) in [5.74, 6) is 6.97. The Labute approximate surface area is 118 Å². The summed E-state index contributed by atoms with van der Waals surface area (Å²) in [7, 11) is 1.72. The van der Waals surface area contributed by atoms with Crippen LogP contribution in [0.1, 0.15) is 13.3 Å². The molecule has 0 fully saturated rings. The van der Waals surface area contributed by atoms with E-state index in [1.807, 2.05) is 24.3 Å². The number of rotatable bonds is 8. The van der Waals surface area contributed by atoms with Crippen LogP contribution < -0.4 is 11.3 Å². The van der Waals surface area contributed by atoms with Crippen LogP contribution in [0, 0.1) is 5.92 Å². The first-order valence-corrected chi connectivity index (χ1v) is 7.37. The van der Waals surface area contributed by atoms with Crippen molar-refractivity contribution in [3.05, 3.63) is 29.3 Å². The number of ether oxygens (including phenoxy) is 1. The molecule has 0 aliphatic heterocycles. The Bertz CT molecular complexity index is 352. The second-order valence-corrected chi connectivity index (χ2v) is 5.74. The lowest BCUT2D eigenvalue weighted by atomic mass is 10.0. The minimum atomic E-state index is 0.251. The van der Waals surface area contributed by atoms with Gasteiger partial charge in [0.15, 0.2) is 0 Å². The number of halogens is 1. The fourth-order valence-corrected chi connectivity index (χ4v) is 3.09. The van der Waals surface area contributed by atoms with Gasteiger partial charge < -0.3 is 4.74 Å². The van der Waals surface area contributed by atoms with Crippen LogP contribution >= 0.6 is 23.4 Å². The van der Waals surface area contributed by atoms with E-state index in [-0.39, 0.29) is 6.04 Å². The second kappa shape index (κ2) is 8.77. The van der Waals surface area contributed by atoms with Gasteiger partial charge in [0.05, 0.1) is 5.02 Å². The third kappa shape index (κ3) is 5.16. The first-order valence-electron chi connectivity index (χ1n) is 6.01. The molecule has 5 heteroatoms. The molecule has 0 radical (unpaired) electrons. The van der Waals surface area contributed by atoms with Gasteiger partial charge in [0.1, 0.15) is 0 Å². The number of nitrogens with two attached hydrogens (primary N) is 1. The van der Waals surface area contributed by atoms with Gasteiger partial charge in [0.2, 0.25) is 0 Å². The molecular formula is C13H21ClN2OS. The van der Waals surface area contributed by atoms with Crippen molar-refractivity contribution in [1.29, 1.82) is 0 Å². The van der Waals surface area contributed by atoms with E-state index in [0.29, 0.717) is 5.92 Å². The average Bonchev–Trinajstić information content (AvgIpc) is 2.39. The highest BCUT2D eigenvalue weighted by molar-refractivity contribution is 7.99. The molecule has 2 atom stereocenters. The predicted octanol–water partition coefficient (Wildman–Crippen LogP) is 2.94. The van der Waals surface area contributed by atoms with Crippen molar-refractivity contribution in [3.63, 3.8) is 0 Å². The lowest BCUT2D eigenvalue weighted by molar-refractivity contribution is 0.172. The summed E-state index contributed by atoms with van der Waals surface area (Å²) in [5, 5.41) is 0.794. The van der Waals surface area contributed by atoms with E-state index in [9.17, 15) is 0 Å². The zero-order chi connectivity index (χ0) is 13.4. The number of thioether (sulfide) groups is 1. The lowest BCUT2D eigenvalue weighted by Gasteiger charge is -2.22. The number of benzene rings is 1. The van der Waals surface area contributed by atoms with Gasteiger partial charge in [-0.25, -0.2) is 0 Å². The average molecular weight is 289 g/mol. The van der Waals surface area contributed by atoms with Crippen LogP contribution in [0.2, 0.25) is 5.02 Å². The Hall–Kier alpha value is -0.260. The van der Waals surface area contributed by atoms with Gasteiger partial charge >= 0.3 is 0 Å². The highest BCUT2D eigenvalue weighted by Gasteiger charge is 2.16. The molecule has 3 nitrogen and oxygen atoms in total. The first kappa shape index (κ1) is 15.8. The summed E-state index contributed by atoms with van der Waals surface area (Å²) in [6.45, 7) is 2.94. The van der Waals surface area contributed by atoms with Crippen LogP contribution in [0.15, 0.2) is 29.2 Å². The largest absolute Gasteiger partial charge is 0.385 e. The Balaban J connectivity index is 2.46. The first-order chi connectivity index (χ1) is 8.69. The number of hydrogen-bond acceptors (Lipinski definition) is 4. The van der Waals surface area contributed by atoms with Crippen LogP contribution in [-0.4, -0.2) is 25.5 Å². The monoisotopic (exact) mass is 288 g/mol. The van der Waals surface area contributed by atoms with Crippen molar-refractivity contribution >= 4 is 23.4 Å². The van der Waals surface area contributed by atoms with Crippen molar-refractivity contribution in [1.82, 2.24) is 5.43 Å². The number of hydrazine groups is 1. The van der Waals surface area contributed by atoms with Crippen molar-refractivity contribution in [2.24, 2.45) is 11.8 Å². The van der Waals surface area contributed by atoms with Crippen molar-refractivity contribution in [2.45, 2.75) is 24.3 Å². The lowest BCUT2D eigenvalue weighted by Crippen LogP contribution is -2.42. The summed E-state index contributed by atoms with van der Waals surface area (Å²) in [6.07, 6.45) is 0.994. The van der Waals surface area contributed by atoms with E-state index in [4.69, 9.17) is 22.2 Å². The zero-order valence-electron chi connectivity index (χ0n) is 10.9. The van der Waals surface area contributed by atoms with Crippen molar-refractivity contribution in [2.75, 3.05) is 19.5 Å². The van der Waals surface area contributed by atoms with Crippen molar-refractivity contribution in [3.8, 4) is 0 Å². The van der Waals surface area contributed by atoms with Gasteiger partial charge in [-0.1, -0.05) is 30.7 Å². The summed E-state index contributed by atoms with van der Waals surface area (Å²) in [6, 6.07) is 8.12. The van der Waals surface area contributed by atoms with Gasteiger partial charge in [-0.3, -0.25) is 11.3 Å². The molecule has 18 heavy (non-hydrogen) atoms. The van der Waals surface area contributed by atoms with Gasteiger partial charge in [0.25, 0.3) is 0 Å². The minimum absolute atomic E-state index is 0.251. The molecule has 0 spiro atoms. The molecule has 1 aromatic rings. The quantitative estimate of drug-likeness (QED) is 0.439. The summed E-state index contributed by atoms with van der Waals surface area (Å²) in [5.41, 5.74) is 2.88. The highest BCUT2D eigenvalue weighted by Crippen LogP contribution is 2.28. The van der Waals surface area contributed by atoms with Gasteiger partial charge in [-0.2, -0.15) is 0 Å².